The van der Waals surface area contributed by atoms with Crippen LogP contribution in [0.25, 0.3) is 11.3 Å². The Balaban J connectivity index is 1.58. The molecule has 0 saturated heterocycles. The van der Waals surface area contributed by atoms with Crippen molar-refractivity contribution in [1.82, 2.24) is 25.3 Å². The first-order valence-electron chi connectivity index (χ1n) is 9.30. The van der Waals surface area contributed by atoms with Gasteiger partial charge in [-0.05, 0) is 68.6 Å². The van der Waals surface area contributed by atoms with Crippen LogP contribution in [0.3, 0.4) is 0 Å². The maximum atomic E-state index is 4.70. The van der Waals surface area contributed by atoms with Crippen molar-refractivity contribution in [3.8, 4) is 11.3 Å². The normalized spacial score (nSPS) is 13.3. The second kappa shape index (κ2) is 7.40. The number of hydrogen-bond donors (Lipinski definition) is 2. The molecule has 0 aliphatic carbocycles. The molecule has 3 aromatic rings. The number of rotatable bonds is 4. The van der Waals surface area contributed by atoms with Gasteiger partial charge in [-0.15, -0.1) is 0 Å². The molecule has 0 bridgehead atoms. The number of nitrogens with zero attached hydrogens (tertiary/aromatic N) is 4. The van der Waals surface area contributed by atoms with Gasteiger partial charge >= 0.3 is 0 Å². The average Bonchev–Trinajstić information content (AvgIpc) is 2.67. The molecule has 6 nitrogen and oxygen atoms in total. The summed E-state index contributed by atoms with van der Waals surface area (Å²) in [4.78, 5) is 18.2. The predicted octanol–water partition coefficient (Wildman–Crippen LogP) is 3.12. The summed E-state index contributed by atoms with van der Waals surface area (Å²) in [6.45, 7) is 8.65. The summed E-state index contributed by atoms with van der Waals surface area (Å²) in [5.74, 6) is 0.624. The highest BCUT2D eigenvalue weighted by Crippen LogP contribution is 2.23. The highest BCUT2D eigenvalue weighted by molar-refractivity contribution is 5.62. The molecule has 138 valence electrons. The quantitative estimate of drug-likeness (QED) is 0.745. The summed E-state index contributed by atoms with van der Waals surface area (Å²) >= 11 is 0. The Morgan fingerprint density at radius 1 is 1.04 bits per heavy atom. The monoisotopic (exact) mass is 360 g/mol. The molecule has 0 atom stereocenters. The molecule has 1 aliphatic rings. The fourth-order valence-electron chi connectivity index (χ4n) is 3.60. The van der Waals surface area contributed by atoms with Gasteiger partial charge in [-0.25, -0.2) is 9.97 Å². The highest BCUT2D eigenvalue weighted by atomic mass is 15.1. The molecule has 0 radical (unpaired) electrons. The molecule has 2 N–H and O–H groups in total. The smallest absolute Gasteiger partial charge is 0.223 e. The average molecular weight is 360 g/mol. The molecule has 6 heteroatoms. The van der Waals surface area contributed by atoms with E-state index in [0.29, 0.717) is 12.5 Å². The largest absolute Gasteiger partial charge is 0.350 e. The summed E-state index contributed by atoms with van der Waals surface area (Å²) in [6, 6.07) is 6.00. The number of pyridine rings is 2. The van der Waals surface area contributed by atoms with Gasteiger partial charge in [0.25, 0.3) is 0 Å². The molecule has 0 saturated carbocycles. The van der Waals surface area contributed by atoms with Gasteiger partial charge in [0.2, 0.25) is 5.95 Å². The van der Waals surface area contributed by atoms with Gasteiger partial charge in [-0.3, -0.25) is 9.97 Å². The van der Waals surface area contributed by atoms with Crippen molar-refractivity contribution in [2.24, 2.45) is 0 Å². The molecule has 3 aromatic heterocycles. The van der Waals surface area contributed by atoms with E-state index >= 15 is 0 Å². The van der Waals surface area contributed by atoms with Crippen LogP contribution in [0.15, 0.2) is 30.6 Å². The van der Waals surface area contributed by atoms with E-state index in [1.165, 1.54) is 16.7 Å². The summed E-state index contributed by atoms with van der Waals surface area (Å²) in [5.41, 5.74) is 8.93. The molecular weight excluding hydrogens is 336 g/mol. The highest BCUT2D eigenvalue weighted by Gasteiger charge is 2.16. The third kappa shape index (κ3) is 3.66. The molecular formula is C21H24N6. The van der Waals surface area contributed by atoms with Crippen LogP contribution in [-0.2, 0) is 19.5 Å². The van der Waals surface area contributed by atoms with E-state index in [-0.39, 0.29) is 0 Å². The third-order valence-corrected chi connectivity index (χ3v) is 5.05. The number of anilines is 1. The lowest BCUT2D eigenvalue weighted by Gasteiger charge is -2.21. The SMILES string of the molecule is Cc1ccc(-c2ccnc(NCc3c(C)ncc4c3CCNC4)n2)c(C)n1. The number of aromatic nitrogens is 4. The first-order valence-corrected chi connectivity index (χ1v) is 9.30. The van der Waals surface area contributed by atoms with E-state index in [0.717, 1.165) is 47.8 Å². The lowest BCUT2D eigenvalue weighted by molar-refractivity contribution is 0.634. The van der Waals surface area contributed by atoms with Crippen molar-refractivity contribution in [3.63, 3.8) is 0 Å². The Morgan fingerprint density at radius 3 is 2.78 bits per heavy atom. The number of aryl methyl sites for hydroxylation is 3. The van der Waals surface area contributed by atoms with E-state index in [1.54, 1.807) is 6.20 Å². The third-order valence-electron chi connectivity index (χ3n) is 5.05. The Labute approximate surface area is 159 Å². The van der Waals surface area contributed by atoms with Crippen molar-refractivity contribution in [2.45, 2.75) is 40.3 Å². The molecule has 0 fully saturated rings. The second-order valence-corrected chi connectivity index (χ2v) is 6.96. The van der Waals surface area contributed by atoms with E-state index in [1.807, 2.05) is 32.2 Å². The lowest BCUT2D eigenvalue weighted by Crippen LogP contribution is -2.26. The molecule has 4 heterocycles. The van der Waals surface area contributed by atoms with Crippen molar-refractivity contribution >= 4 is 5.95 Å². The van der Waals surface area contributed by atoms with Crippen molar-refractivity contribution in [3.05, 3.63) is 64.4 Å². The van der Waals surface area contributed by atoms with E-state index in [4.69, 9.17) is 4.98 Å². The van der Waals surface area contributed by atoms with Crippen molar-refractivity contribution in [2.75, 3.05) is 11.9 Å². The van der Waals surface area contributed by atoms with Crippen LogP contribution < -0.4 is 10.6 Å². The summed E-state index contributed by atoms with van der Waals surface area (Å²) in [6.07, 6.45) is 4.81. The zero-order valence-corrected chi connectivity index (χ0v) is 16.0. The van der Waals surface area contributed by atoms with Gasteiger partial charge in [-0.2, -0.15) is 0 Å². The van der Waals surface area contributed by atoms with Gasteiger partial charge in [0.15, 0.2) is 0 Å². The summed E-state index contributed by atoms with van der Waals surface area (Å²) in [7, 11) is 0. The zero-order chi connectivity index (χ0) is 18.8. The Kier molecular flexibility index (Phi) is 4.81. The number of hydrogen-bond acceptors (Lipinski definition) is 6. The van der Waals surface area contributed by atoms with Gasteiger partial charge < -0.3 is 10.6 Å². The fraction of sp³-hybridized carbons (Fsp3) is 0.333. The van der Waals surface area contributed by atoms with E-state index < -0.39 is 0 Å². The Morgan fingerprint density at radius 2 is 1.93 bits per heavy atom. The van der Waals surface area contributed by atoms with Crippen LogP contribution in [0.4, 0.5) is 5.95 Å². The first-order chi connectivity index (χ1) is 13.1. The fourth-order valence-corrected chi connectivity index (χ4v) is 3.60. The maximum Gasteiger partial charge on any atom is 0.223 e. The summed E-state index contributed by atoms with van der Waals surface area (Å²) in [5, 5.41) is 6.80. The molecule has 27 heavy (non-hydrogen) atoms. The Hall–Kier alpha value is -2.86. The zero-order valence-electron chi connectivity index (χ0n) is 16.0. The topological polar surface area (TPSA) is 75.6 Å². The Bertz CT molecular complexity index is 982. The standard InChI is InChI=1S/C21H24N6/c1-13-4-5-17(15(3)26-13)20-7-9-23-21(27-20)25-12-19-14(2)24-11-16-10-22-8-6-18(16)19/h4-5,7,9,11,22H,6,8,10,12H2,1-3H3,(H,23,25,27). The minimum absolute atomic E-state index is 0.624. The minimum Gasteiger partial charge on any atom is -0.350 e. The van der Waals surface area contributed by atoms with E-state index in [2.05, 4.69) is 38.6 Å². The maximum absolute atomic E-state index is 4.70. The minimum atomic E-state index is 0.624. The van der Waals surface area contributed by atoms with Crippen molar-refractivity contribution < 1.29 is 0 Å². The summed E-state index contributed by atoms with van der Waals surface area (Å²) < 4.78 is 0. The molecule has 0 aromatic carbocycles. The van der Waals surface area contributed by atoms with Gasteiger partial charge in [0.1, 0.15) is 0 Å². The molecule has 1 aliphatic heterocycles. The lowest BCUT2D eigenvalue weighted by atomic mass is 9.96. The molecule has 0 amide bonds. The van der Waals surface area contributed by atoms with Gasteiger partial charge in [0.05, 0.1) is 5.69 Å². The van der Waals surface area contributed by atoms with Gasteiger partial charge in [0, 0.05) is 48.1 Å². The number of fused-ring (bicyclic) bond motifs is 1. The van der Waals surface area contributed by atoms with Crippen LogP contribution >= 0.6 is 0 Å². The van der Waals surface area contributed by atoms with Crippen LogP contribution in [0.5, 0.6) is 0 Å². The van der Waals surface area contributed by atoms with Crippen LogP contribution in [0.2, 0.25) is 0 Å². The molecule has 4 rings (SSSR count). The van der Waals surface area contributed by atoms with E-state index in [9.17, 15) is 0 Å². The predicted molar refractivity (Wildman–Crippen MR) is 106 cm³/mol. The van der Waals surface area contributed by atoms with Crippen molar-refractivity contribution in [1.29, 1.82) is 0 Å². The second-order valence-electron chi connectivity index (χ2n) is 6.96. The molecule has 0 spiro atoms. The van der Waals surface area contributed by atoms with Crippen LogP contribution in [0, 0.1) is 20.8 Å². The van der Waals surface area contributed by atoms with Gasteiger partial charge in [-0.1, -0.05) is 0 Å². The first kappa shape index (κ1) is 17.5. The van der Waals surface area contributed by atoms with Crippen LogP contribution in [0.1, 0.15) is 33.8 Å². The molecule has 0 unspecified atom stereocenters. The number of nitrogens with one attached hydrogen (secondary N) is 2. The van der Waals surface area contributed by atoms with Crippen LogP contribution in [-0.4, -0.2) is 26.5 Å².